The number of nitrogens with one attached hydrogen (secondary N) is 4. The van der Waals surface area contributed by atoms with Crippen LogP contribution in [-0.2, 0) is 6.42 Å². The lowest BCUT2D eigenvalue weighted by Crippen LogP contribution is -2.38. The molecule has 252 valence electrons. The molecule has 0 spiro atoms. The minimum Gasteiger partial charge on any atom is -0.325 e. The summed E-state index contributed by atoms with van der Waals surface area (Å²) in [6, 6.07) is 15.5. The Hall–Kier alpha value is -3.10. The molecule has 0 bridgehead atoms. The molecular formula is C37H62N6O2. The van der Waals surface area contributed by atoms with Gasteiger partial charge in [0.1, 0.15) is 0 Å². The van der Waals surface area contributed by atoms with Gasteiger partial charge in [0.05, 0.1) is 13.3 Å². The summed E-state index contributed by atoms with van der Waals surface area (Å²) < 4.78 is 0. The number of rotatable bonds is 24. The van der Waals surface area contributed by atoms with Crippen molar-refractivity contribution in [3.63, 3.8) is 0 Å². The average molecular weight is 623 g/mol. The molecule has 0 aliphatic rings. The molecule has 0 aromatic heterocycles. The van der Waals surface area contributed by atoms with E-state index in [0.29, 0.717) is 13.3 Å². The molecule has 4 amide bonds. The van der Waals surface area contributed by atoms with E-state index in [1.54, 1.807) is 0 Å². The number of unbranched alkanes of at least 4 members (excludes halogenated alkanes) is 12. The van der Waals surface area contributed by atoms with E-state index in [1.807, 2.05) is 62.6 Å². The zero-order valence-corrected chi connectivity index (χ0v) is 28.8. The number of hydrogen-bond acceptors (Lipinski definition) is 4. The van der Waals surface area contributed by atoms with E-state index in [4.69, 9.17) is 0 Å². The van der Waals surface area contributed by atoms with Crippen molar-refractivity contribution in [2.24, 2.45) is 0 Å². The Kier molecular flexibility index (Phi) is 20.5. The second kappa shape index (κ2) is 24.2. The molecule has 0 fully saturated rings. The minimum atomic E-state index is -0.193. The molecule has 8 nitrogen and oxygen atoms in total. The van der Waals surface area contributed by atoms with Crippen LogP contribution >= 0.6 is 0 Å². The molecule has 0 saturated heterocycles. The van der Waals surface area contributed by atoms with Gasteiger partial charge in [0.25, 0.3) is 0 Å². The third-order valence-corrected chi connectivity index (χ3v) is 8.14. The molecule has 45 heavy (non-hydrogen) atoms. The lowest BCUT2D eigenvalue weighted by molar-refractivity contribution is 0.239. The molecule has 0 aliphatic carbocycles. The van der Waals surface area contributed by atoms with Crippen molar-refractivity contribution >= 4 is 23.4 Å². The monoisotopic (exact) mass is 622 g/mol. The van der Waals surface area contributed by atoms with Crippen LogP contribution in [-0.4, -0.2) is 62.4 Å². The van der Waals surface area contributed by atoms with Crippen molar-refractivity contribution in [3.8, 4) is 0 Å². The highest BCUT2D eigenvalue weighted by atomic mass is 16.2. The smallest absolute Gasteiger partial charge is 0.320 e. The fraction of sp³-hybridized carbons (Fsp3) is 0.622. The van der Waals surface area contributed by atoms with Crippen LogP contribution in [0.25, 0.3) is 0 Å². The quantitative estimate of drug-likeness (QED) is 0.0696. The van der Waals surface area contributed by atoms with Crippen LogP contribution in [0.1, 0.15) is 115 Å². The molecule has 2 aromatic rings. The molecule has 0 atom stereocenters. The summed E-state index contributed by atoms with van der Waals surface area (Å²) in [5, 5.41) is 11.7. The second-order valence-corrected chi connectivity index (χ2v) is 12.6. The number of urea groups is 2. The topological polar surface area (TPSA) is 88.7 Å². The Morgan fingerprint density at radius 3 is 1.20 bits per heavy atom. The molecule has 2 rings (SSSR count). The van der Waals surface area contributed by atoms with Crippen LogP contribution in [0.4, 0.5) is 21.0 Å². The Balaban J connectivity index is 1.60. The zero-order valence-electron chi connectivity index (χ0n) is 28.8. The summed E-state index contributed by atoms with van der Waals surface area (Å²) in [6.07, 6.45) is 18.8. The number of carbonyl (C=O) groups is 2. The van der Waals surface area contributed by atoms with Crippen LogP contribution in [0.2, 0.25) is 0 Å². The van der Waals surface area contributed by atoms with Gasteiger partial charge in [0.2, 0.25) is 0 Å². The van der Waals surface area contributed by atoms with Gasteiger partial charge < -0.3 is 21.3 Å². The van der Waals surface area contributed by atoms with Gasteiger partial charge in [-0.25, -0.2) is 9.59 Å². The highest BCUT2D eigenvalue weighted by Crippen LogP contribution is 2.16. The van der Waals surface area contributed by atoms with Crippen LogP contribution < -0.4 is 21.3 Å². The fourth-order valence-electron chi connectivity index (χ4n) is 5.25. The van der Waals surface area contributed by atoms with Crippen molar-refractivity contribution in [3.05, 3.63) is 59.7 Å². The summed E-state index contributed by atoms with van der Waals surface area (Å²) in [5.41, 5.74) is 3.84. The average Bonchev–Trinajstić information content (AvgIpc) is 3.04. The third-order valence-electron chi connectivity index (χ3n) is 8.14. The second-order valence-electron chi connectivity index (χ2n) is 12.6. The Labute approximate surface area is 274 Å². The molecule has 0 aliphatic heterocycles. The van der Waals surface area contributed by atoms with Gasteiger partial charge in [-0.1, -0.05) is 115 Å². The van der Waals surface area contributed by atoms with Crippen molar-refractivity contribution in [1.29, 1.82) is 0 Å². The van der Waals surface area contributed by atoms with E-state index in [1.165, 1.54) is 89.9 Å². The summed E-state index contributed by atoms with van der Waals surface area (Å²) in [7, 11) is 4.09. The maximum absolute atomic E-state index is 12.4. The van der Waals surface area contributed by atoms with Crippen molar-refractivity contribution < 1.29 is 9.59 Å². The largest absolute Gasteiger partial charge is 0.325 e. The van der Waals surface area contributed by atoms with Gasteiger partial charge in [0, 0.05) is 11.4 Å². The first-order chi connectivity index (χ1) is 21.9. The molecule has 4 N–H and O–H groups in total. The third kappa shape index (κ3) is 19.1. The molecule has 0 radical (unpaired) electrons. The number of nitrogens with zero attached hydrogens (tertiary/aromatic N) is 2. The first-order valence-electron chi connectivity index (χ1n) is 17.5. The summed E-state index contributed by atoms with van der Waals surface area (Å²) in [6.45, 7) is 7.53. The Morgan fingerprint density at radius 1 is 0.511 bits per heavy atom. The molecule has 0 heterocycles. The first-order valence-corrected chi connectivity index (χ1v) is 17.5. The standard InChI is InChI=1S/C37H62N6O2/c1-5-7-9-11-13-15-17-27-42(3)30-38-36(44)40-34-23-19-32(20-24-34)29-33-21-25-35(26-22-33)41-37(45)39-31-43(4)28-18-16-14-12-10-8-6-2/h19-26H,5-18,27-31H2,1-4H3,(H2,38,40,44)(H2,39,41,45). The van der Waals surface area contributed by atoms with Crippen LogP contribution in [0.3, 0.4) is 0 Å². The van der Waals surface area contributed by atoms with E-state index < -0.39 is 0 Å². The Bertz CT molecular complexity index is 960. The summed E-state index contributed by atoms with van der Waals surface area (Å²) in [4.78, 5) is 29.0. The van der Waals surface area contributed by atoms with Crippen LogP contribution in [0.5, 0.6) is 0 Å². The van der Waals surface area contributed by atoms with E-state index in [9.17, 15) is 9.59 Å². The van der Waals surface area contributed by atoms with Gasteiger partial charge in [-0.15, -0.1) is 0 Å². The predicted molar refractivity (Wildman–Crippen MR) is 191 cm³/mol. The SMILES string of the molecule is CCCCCCCCCN(C)CNC(=O)Nc1ccc(Cc2ccc(NC(=O)NCN(C)CCCCCCCCC)cc2)cc1. The molecule has 0 saturated carbocycles. The van der Waals surface area contributed by atoms with Crippen LogP contribution in [0, 0.1) is 0 Å². The van der Waals surface area contributed by atoms with Gasteiger partial charge in [-0.05, 0) is 81.8 Å². The van der Waals surface area contributed by atoms with Gasteiger partial charge >= 0.3 is 12.1 Å². The van der Waals surface area contributed by atoms with E-state index in [-0.39, 0.29) is 12.1 Å². The highest BCUT2D eigenvalue weighted by Gasteiger charge is 2.06. The van der Waals surface area contributed by atoms with Gasteiger partial charge in [0.15, 0.2) is 0 Å². The Morgan fingerprint density at radius 2 is 0.844 bits per heavy atom. The number of benzene rings is 2. The lowest BCUT2D eigenvalue weighted by atomic mass is 10.0. The van der Waals surface area contributed by atoms with Crippen molar-refractivity contribution in [2.45, 2.75) is 110 Å². The van der Waals surface area contributed by atoms with Gasteiger partial charge in [-0.3, -0.25) is 9.80 Å². The predicted octanol–water partition coefficient (Wildman–Crippen LogP) is 8.80. The zero-order chi connectivity index (χ0) is 32.5. The highest BCUT2D eigenvalue weighted by molar-refractivity contribution is 5.89. The molecule has 8 heteroatoms. The number of carbonyl (C=O) groups excluding carboxylic acids is 2. The fourth-order valence-corrected chi connectivity index (χ4v) is 5.25. The maximum Gasteiger partial charge on any atom is 0.320 e. The van der Waals surface area contributed by atoms with Crippen LogP contribution in [0.15, 0.2) is 48.5 Å². The summed E-state index contributed by atoms with van der Waals surface area (Å²) >= 11 is 0. The number of hydrogen-bond donors (Lipinski definition) is 4. The van der Waals surface area contributed by atoms with E-state index in [0.717, 1.165) is 42.0 Å². The number of amides is 4. The number of anilines is 2. The molecule has 0 unspecified atom stereocenters. The van der Waals surface area contributed by atoms with E-state index >= 15 is 0 Å². The first kappa shape index (κ1) is 38.1. The normalized spacial score (nSPS) is 11.2. The van der Waals surface area contributed by atoms with Crippen molar-refractivity contribution in [2.75, 3.05) is 51.2 Å². The van der Waals surface area contributed by atoms with Crippen molar-refractivity contribution in [1.82, 2.24) is 20.4 Å². The molecular weight excluding hydrogens is 560 g/mol. The van der Waals surface area contributed by atoms with Gasteiger partial charge in [-0.2, -0.15) is 0 Å². The molecule has 2 aromatic carbocycles. The summed E-state index contributed by atoms with van der Waals surface area (Å²) in [5.74, 6) is 0. The maximum atomic E-state index is 12.4. The minimum absolute atomic E-state index is 0.193. The lowest BCUT2D eigenvalue weighted by Gasteiger charge is -2.17. The van der Waals surface area contributed by atoms with E-state index in [2.05, 4.69) is 44.9 Å².